The molecule has 0 unspecified atom stereocenters. The zero-order chi connectivity index (χ0) is 15.8. The Morgan fingerprint density at radius 2 is 1.91 bits per heavy atom. The average molecular weight is 309 g/mol. The molecule has 5 nitrogen and oxygen atoms in total. The van der Waals surface area contributed by atoms with Crippen molar-refractivity contribution < 1.29 is 19.0 Å². The molecule has 2 heterocycles. The van der Waals surface area contributed by atoms with Crippen LogP contribution in [0.1, 0.15) is 27.5 Å². The summed E-state index contributed by atoms with van der Waals surface area (Å²) in [5, 5.41) is 3.14. The van der Waals surface area contributed by atoms with Gasteiger partial charge in [0, 0.05) is 5.56 Å². The molecule has 4 rings (SSSR count). The van der Waals surface area contributed by atoms with Gasteiger partial charge in [-0.2, -0.15) is 0 Å². The predicted octanol–water partition coefficient (Wildman–Crippen LogP) is 2.92. The molecule has 1 atom stereocenters. The normalized spacial score (nSPS) is 17.3. The van der Waals surface area contributed by atoms with Crippen LogP contribution in [0.5, 0.6) is 17.2 Å². The fourth-order valence-electron chi connectivity index (χ4n) is 2.83. The molecule has 1 N–H and O–H groups in total. The van der Waals surface area contributed by atoms with Gasteiger partial charge >= 0.3 is 0 Å². The molecule has 0 radical (unpaired) electrons. The maximum atomic E-state index is 12.9. The zero-order valence-corrected chi connectivity index (χ0v) is 12.5. The number of hydrogen-bond donors (Lipinski definition) is 1. The van der Waals surface area contributed by atoms with Crippen LogP contribution in [0.25, 0.3) is 6.08 Å². The van der Waals surface area contributed by atoms with E-state index < -0.39 is 6.04 Å². The summed E-state index contributed by atoms with van der Waals surface area (Å²) in [5.41, 5.74) is 2.47. The number of rotatable bonds is 3. The molecule has 2 aromatic rings. The Morgan fingerprint density at radius 1 is 1.17 bits per heavy atom. The quantitative estimate of drug-likeness (QED) is 0.884. The molecular formula is C18H15NO4. The molecule has 0 bridgehead atoms. The second-order valence-electron chi connectivity index (χ2n) is 5.36. The van der Waals surface area contributed by atoms with Gasteiger partial charge in [-0.05, 0) is 59.8 Å². The van der Waals surface area contributed by atoms with E-state index in [4.69, 9.17) is 14.2 Å². The highest BCUT2D eigenvalue weighted by Crippen LogP contribution is 2.39. The molecule has 0 aliphatic carbocycles. The van der Waals surface area contributed by atoms with Crippen LogP contribution in [0.2, 0.25) is 0 Å². The van der Waals surface area contributed by atoms with Crippen molar-refractivity contribution in [3.05, 3.63) is 59.3 Å². The summed E-state index contributed by atoms with van der Waals surface area (Å²) in [7, 11) is 1.60. The molecule has 0 aromatic heterocycles. The van der Waals surface area contributed by atoms with Crippen molar-refractivity contribution in [3.63, 3.8) is 0 Å². The van der Waals surface area contributed by atoms with Gasteiger partial charge in [0.15, 0.2) is 17.3 Å². The van der Waals surface area contributed by atoms with Crippen molar-refractivity contribution in [2.75, 3.05) is 13.9 Å². The first kappa shape index (κ1) is 13.7. The lowest BCUT2D eigenvalue weighted by atomic mass is 9.91. The number of ketones is 1. The Morgan fingerprint density at radius 3 is 2.65 bits per heavy atom. The number of nitrogens with one attached hydrogen (secondary N) is 1. The van der Waals surface area contributed by atoms with Crippen LogP contribution in [0.4, 0.5) is 0 Å². The van der Waals surface area contributed by atoms with Gasteiger partial charge in [0.1, 0.15) is 11.8 Å². The van der Waals surface area contributed by atoms with E-state index in [0.717, 1.165) is 16.9 Å². The number of Topliss-reactive ketones (excluding diaryl/α,β-unsaturated/α-hetero) is 1. The van der Waals surface area contributed by atoms with Gasteiger partial charge in [0.05, 0.1) is 7.11 Å². The minimum Gasteiger partial charge on any atom is -0.497 e. The zero-order valence-electron chi connectivity index (χ0n) is 12.5. The Kier molecular flexibility index (Phi) is 3.19. The maximum absolute atomic E-state index is 12.9. The lowest BCUT2D eigenvalue weighted by Crippen LogP contribution is -2.27. The molecule has 0 saturated heterocycles. The Hall–Kier alpha value is -2.95. The van der Waals surface area contributed by atoms with Crippen molar-refractivity contribution in [2.45, 2.75) is 6.04 Å². The Bertz CT molecular complexity index is 795. The molecule has 0 amide bonds. The van der Waals surface area contributed by atoms with Crippen LogP contribution in [0.3, 0.4) is 0 Å². The molecule has 5 heteroatoms. The van der Waals surface area contributed by atoms with Gasteiger partial charge in [0.25, 0.3) is 0 Å². The van der Waals surface area contributed by atoms with Crippen LogP contribution >= 0.6 is 0 Å². The SMILES string of the molecule is COc1ccc(C(=O)[C@H]2NC=Cc3cc4c(cc32)OCO4)cc1. The largest absolute Gasteiger partial charge is 0.497 e. The summed E-state index contributed by atoms with van der Waals surface area (Å²) >= 11 is 0. The summed E-state index contributed by atoms with van der Waals surface area (Å²) in [5.74, 6) is 2.11. The van der Waals surface area contributed by atoms with Gasteiger partial charge in [-0.3, -0.25) is 4.79 Å². The lowest BCUT2D eigenvalue weighted by molar-refractivity contribution is 0.0949. The monoisotopic (exact) mass is 309 g/mol. The van der Waals surface area contributed by atoms with Crippen LogP contribution in [-0.2, 0) is 0 Å². The first-order valence-corrected chi connectivity index (χ1v) is 7.30. The number of ether oxygens (including phenoxy) is 3. The molecule has 0 saturated carbocycles. The highest BCUT2D eigenvalue weighted by Gasteiger charge is 2.28. The summed E-state index contributed by atoms with van der Waals surface area (Å²) in [4.78, 5) is 12.9. The maximum Gasteiger partial charge on any atom is 0.231 e. The minimum absolute atomic E-state index is 0.00267. The lowest BCUT2D eigenvalue weighted by Gasteiger charge is -2.23. The van der Waals surface area contributed by atoms with Gasteiger partial charge in [0.2, 0.25) is 6.79 Å². The smallest absolute Gasteiger partial charge is 0.231 e. The van der Waals surface area contributed by atoms with Crippen LogP contribution < -0.4 is 19.5 Å². The number of hydrogen-bond acceptors (Lipinski definition) is 5. The Balaban J connectivity index is 1.70. The highest BCUT2D eigenvalue weighted by molar-refractivity contribution is 6.01. The molecule has 2 aliphatic heterocycles. The number of carbonyl (C=O) groups excluding carboxylic acids is 1. The highest BCUT2D eigenvalue weighted by atomic mass is 16.7. The van der Waals surface area contributed by atoms with Crippen molar-refractivity contribution in [2.24, 2.45) is 0 Å². The average Bonchev–Trinajstić information content (AvgIpc) is 3.06. The molecular weight excluding hydrogens is 294 g/mol. The van der Waals surface area contributed by atoms with Gasteiger partial charge in [-0.25, -0.2) is 0 Å². The summed E-state index contributed by atoms with van der Waals surface area (Å²) in [6, 6.07) is 10.4. The van der Waals surface area contributed by atoms with E-state index in [0.29, 0.717) is 17.1 Å². The van der Waals surface area contributed by atoms with Gasteiger partial charge in [-0.15, -0.1) is 0 Å². The van der Waals surface area contributed by atoms with E-state index in [1.165, 1.54) is 0 Å². The van der Waals surface area contributed by atoms with Gasteiger partial charge < -0.3 is 19.5 Å². The van der Waals surface area contributed by atoms with E-state index in [2.05, 4.69) is 5.32 Å². The molecule has 116 valence electrons. The van der Waals surface area contributed by atoms with Crippen LogP contribution in [0, 0.1) is 0 Å². The van der Waals surface area contributed by atoms with Crippen LogP contribution in [-0.4, -0.2) is 19.7 Å². The molecule has 23 heavy (non-hydrogen) atoms. The third-order valence-corrected chi connectivity index (χ3v) is 4.05. The van der Waals surface area contributed by atoms with Crippen molar-refractivity contribution >= 4 is 11.9 Å². The standard InChI is InChI=1S/C18H15NO4/c1-21-13-4-2-11(3-5-13)18(20)17-14-9-16-15(22-10-23-16)8-12(14)6-7-19-17/h2-9,17,19H,10H2,1H3/t17-/m0/s1. The fraction of sp³-hybridized carbons (Fsp3) is 0.167. The van der Waals surface area contributed by atoms with E-state index in [9.17, 15) is 4.79 Å². The topological polar surface area (TPSA) is 56.8 Å². The van der Waals surface area contributed by atoms with Crippen molar-refractivity contribution in [1.29, 1.82) is 0 Å². The molecule has 0 fully saturated rings. The predicted molar refractivity (Wildman–Crippen MR) is 84.8 cm³/mol. The second kappa shape index (κ2) is 5.35. The third kappa shape index (κ3) is 2.30. The number of benzene rings is 2. The third-order valence-electron chi connectivity index (χ3n) is 4.05. The minimum atomic E-state index is -0.446. The Labute approximate surface area is 133 Å². The van der Waals surface area contributed by atoms with Crippen LogP contribution in [0.15, 0.2) is 42.6 Å². The summed E-state index contributed by atoms with van der Waals surface area (Å²) in [6.45, 7) is 0.215. The van der Waals surface area contributed by atoms with E-state index in [1.807, 2.05) is 18.2 Å². The number of carbonyl (C=O) groups is 1. The fourth-order valence-corrected chi connectivity index (χ4v) is 2.83. The van der Waals surface area contributed by atoms with Gasteiger partial charge in [-0.1, -0.05) is 0 Å². The van der Waals surface area contributed by atoms with E-state index in [1.54, 1.807) is 37.6 Å². The van der Waals surface area contributed by atoms with Crippen molar-refractivity contribution in [1.82, 2.24) is 5.32 Å². The first-order valence-electron chi connectivity index (χ1n) is 7.30. The second-order valence-corrected chi connectivity index (χ2v) is 5.36. The number of methoxy groups -OCH3 is 1. The summed E-state index contributed by atoms with van der Waals surface area (Å²) < 4.78 is 16.0. The summed E-state index contributed by atoms with van der Waals surface area (Å²) in [6.07, 6.45) is 3.71. The molecule has 2 aromatic carbocycles. The van der Waals surface area contributed by atoms with E-state index >= 15 is 0 Å². The van der Waals surface area contributed by atoms with E-state index in [-0.39, 0.29) is 12.6 Å². The first-order chi connectivity index (χ1) is 11.3. The molecule has 2 aliphatic rings. The van der Waals surface area contributed by atoms with Crippen molar-refractivity contribution in [3.8, 4) is 17.2 Å². The number of fused-ring (bicyclic) bond motifs is 2. The molecule has 0 spiro atoms.